The number of aromatic nitrogens is 1. The first-order chi connectivity index (χ1) is 10.3. The third kappa shape index (κ3) is 3.51. The number of isocyanates is 1. The lowest BCUT2D eigenvalue weighted by atomic mass is 10.1. The molecular formula is C15H12F3N3O. The Bertz CT molecular complexity index is 718. The van der Waals surface area contributed by atoms with Crippen molar-refractivity contribution in [1.82, 2.24) is 4.98 Å². The molecule has 0 saturated heterocycles. The SMILES string of the molecule is CN(C)c1cc(C(F)(F)F)cc(-c2ccc(N=C=O)cc2)n1. The van der Waals surface area contributed by atoms with E-state index < -0.39 is 11.7 Å². The van der Waals surface area contributed by atoms with Crippen molar-refractivity contribution >= 4 is 17.6 Å². The predicted octanol–water partition coefficient (Wildman–Crippen LogP) is 3.80. The zero-order valence-corrected chi connectivity index (χ0v) is 11.8. The molecule has 1 aromatic carbocycles. The van der Waals surface area contributed by atoms with Crippen LogP contribution in [0.1, 0.15) is 5.56 Å². The molecule has 0 aliphatic carbocycles. The summed E-state index contributed by atoms with van der Waals surface area (Å²) < 4.78 is 39.0. The van der Waals surface area contributed by atoms with E-state index >= 15 is 0 Å². The first kappa shape index (κ1) is 15.7. The van der Waals surface area contributed by atoms with Crippen molar-refractivity contribution in [3.8, 4) is 11.3 Å². The molecule has 0 amide bonds. The van der Waals surface area contributed by atoms with Crippen molar-refractivity contribution in [2.75, 3.05) is 19.0 Å². The highest BCUT2D eigenvalue weighted by atomic mass is 19.4. The van der Waals surface area contributed by atoms with Crippen LogP contribution in [0.4, 0.5) is 24.7 Å². The van der Waals surface area contributed by atoms with Gasteiger partial charge in [0.05, 0.1) is 16.9 Å². The highest BCUT2D eigenvalue weighted by molar-refractivity contribution is 5.65. The van der Waals surface area contributed by atoms with Gasteiger partial charge in [-0.1, -0.05) is 12.1 Å². The van der Waals surface area contributed by atoms with Crippen molar-refractivity contribution in [2.24, 2.45) is 4.99 Å². The van der Waals surface area contributed by atoms with Gasteiger partial charge >= 0.3 is 6.18 Å². The van der Waals surface area contributed by atoms with Crippen LogP contribution in [0, 0.1) is 0 Å². The van der Waals surface area contributed by atoms with E-state index in [-0.39, 0.29) is 11.5 Å². The van der Waals surface area contributed by atoms with Gasteiger partial charge in [0.2, 0.25) is 6.08 Å². The Labute approximate surface area is 124 Å². The summed E-state index contributed by atoms with van der Waals surface area (Å²) in [6.45, 7) is 0. The van der Waals surface area contributed by atoms with E-state index in [0.717, 1.165) is 12.1 Å². The first-order valence-corrected chi connectivity index (χ1v) is 6.26. The lowest BCUT2D eigenvalue weighted by Crippen LogP contribution is -2.14. The second kappa shape index (κ2) is 5.99. The Morgan fingerprint density at radius 2 is 1.77 bits per heavy atom. The molecule has 2 aromatic rings. The Morgan fingerprint density at radius 3 is 2.27 bits per heavy atom. The number of benzene rings is 1. The van der Waals surface area contributed by atoms with Crippen molar-refractivity contribution in [1.29, 1.82) is 0 Å². The molecule has 0 bridgehead atoms. The van der Waals surface area contributed by atoms with Crippen LogP contribution < -0.4 is 4.90 Å². The van der Waals surface area contributed by atoms with Crippen molar-refractivity contribution in [2.45, 2.75) is 6.18 Å². The van der Waals surface area contributed by atoms with Crippen LogP contribution in [-0.2, 0) is 11.0 Å². The van der Waals surface area contributed by atoms with E-state index in [0.29, 0.717) is 11.3 Å². The summed E-state index contributed by atoms with van der Waals surface area (Å²) in [4.78, 5) is 19.3. The summed E-state index contributed by atoms with van der Waals surface area (Å²) in [7, 11) is 3.24. The topological polar surface area (TPSA) is 45.6 Å². The Hall–Kier alpha value is -2.66. The molecule has 0 unspecified atom stereocenters. The van der Waals surface area contributed by atoms with Gasteiger partial charge in [-0.05, 0) is 24.3 Å². The number of anilines is 1. The maximum Gasteiger partial charge on any atom is 0.416 e. The molecule has 0 radical (unpaired) electrons. The van der Waals surface area contributed by atoms with Crippen LogP contribution in [0.15, 0.2) is 41.4 Å². The van der Waals surface area contributed by atoms with Crippen LogP contribution in [0.3, 0.4) is 0 Å². The third-order valence-electron chi connectivity index (χ3n) is 2.94. The van der Waals surface area contributed by atoms with E-state index in [1.54, 1.807) is 26.2 Å². The molecule has 1 aromatic heterocycles. The van der Waals surface area contributed by atoms with E-state index in [9.17, 15) is 18.0 Å². The predicted molar refractivity (Wildman–Crippen MR) is 76.8 cm³/mol. The highest BCUT2D eigenvalue weighted by Crippen LogP contribution is 2.34. The molecular weight excluding hydrogens is 295 g/mol. The summed E-state index contributed by atoms with van der Waals surface area (Å²) in [6, 6.07) is 8.12. The second-order valence-corrected chi connectivity index (χ2v) is 4.74. The van der Waals surface area contributed by atoms with Gasteiger partial charge in [-0.25, -0.2) is 9.78 Å². The average molecular weight is 307 g/mol. The minimum absolute atomic E-state index is 0.195. The summed E-state index contributed by atoms with van der Waals surface area (Å²) in [5.74, 6) is 0.208. The minimum Gasteiger partial charge on any atom is -0.363 e. The number of hydrogen-bond acceptors (Lipinski definition) is 4. The first-order valence-electron chi connectivity index (χ1n) is 6.26. The molecule has 0 aliphatic heterocycles. The molecule has 1 heterocycles. The van der Waals surface area contributed by atoms with Crippen LogP contribution in [0.2, 0.25) is 0 Å². The third-order valence-corrected chi connectivity index (χ3v) is 2.94. The van der Waals surface area contributed by atoms with Gasteiger partial charge in [-0.3, -0.25) is 0 Å². The number of nitrogens with zero attached hydrogens (tertiary/aromatic N) is 3. The quantitative estimate of drug-likeness (QED) is 0.640. The van der Waals surface area contributed by atoms with E-state index in [1.165, 1.54) is 23.1 Å². The van der Waals surface area contributed by atoms with Gasteiger partial charge in [0, 0.05) is 19.7 Å². The lowest BCUT2D eigenvalue weighted by Gasteiger charge is -2.16. The van der Waals surface area contributed by atoms with Gasteiger partial charge in [-0.15, -0.1) is 0 Å². The lowest BCUT2D eigenvalue weighted by molar-refractivity contribution is -0.137. The largest absolute Gasteiger partial charge is 0.416 e. The fraction of sp³-hybridized carbons (Fsp3) is 0.200. The highest BCUT2D eigenvalue weighted by Gasteiger charge is 2.32. The van der Waals surface area contributed by atoms with Crippen molar-refractivity contribution < 1.29 is 18.0 Å². The molecule has 2 rings (SSSR count). The van der Waals surface area contributed by atoms with Gasteiger partial charge in [0.25, 0.3) is 0 Å². The number of aliphatic imine (C=N–C) groups is 1. The number of pyridine rings is 1. The number of hydrogen-bond donors (Lipinski definition) is 0. The van der Waals surface area contributed by atoms with E-state index in [1.807, 2.05) is 0 Å². The Kier molecular flexibility index (Phi) is 4.28. The van der Waals surface area contributed by atoms with Gasteiger partial charge in [-0.2, -0.15) is 18.2 Å². The molecule has 4 nitrogen and oxygen atoms in total. The number of alkyl halides is 3. The maximum absolute atomic E-state index is 13.0. The summed E-state index contributed by atoms with van der Waals surface area (Å²) in [5.41, 5.74) is 0.300. The van der Waals surface area contributed by atoms with Gasteiger partial charge < -0.3 is 4.90 Å². The van der Waals surface area contributed by atoms with E-state index in [2.05, 4.69) is 9.98 Å². The molecule has 0 atom stereocenters. The van der Waals surface area contributed by atoms with Crippen molar-refractivity contribution in [3.63, 3.8) is 0 Å². The second-order valence-electron chi connectivity index (χ2n) is 4.74. The molecule has 0 fully saturated rings. The van der Waals surface area contributed by atoms with Crippen LogP contribution >= 0.6 is 0 Å². The van der Waals surface area contributed by atoms with E-state index in [4.69, 9.17) is 0 Å². The Balaban J connectivity index is 2.53. The molecule has 114 valence electrons. The molecule has 22 heavy (non-hydrogen) atoms. The molecule has 0 aliphatic rings. The standard InChI is InChI=1S/C15H12F3N3O/c1-21(2)14-8-11(15(16,17)18)7-13(20-14)10-3-5-12(6-4-10)19-9-22/h3-8H,1-2H3. The maximum atomic E-state index is 13.0. The summed E-state index contributed by atoms with van der Waals surface area (Å²) in [5, 5.41) is 0. The summed E-state index contributed by atoms with van der Waals surface area (Å²) in [6.07, 6.45) is -3.05. The van der Waals surface area contributed by atoms with Gasteiger partial charge in [0.15, 0.2) is 0 Å². The number of carbonyl (C=O) groups excluding carboxylic acids is 1. The monoisotopic (exact) mass is 307 g/mol. The molecule has 0 spiro atoms. The normalized spacial score (nSPS) is 11.0. The molecule has 0 N–H and O–H groups in total. The van der Waals surface area contributed by atoms with Crippen LogP contribution in [0.5, 0.6) is 0 Å². The zero-order valence-electron chi connectivity index (χ0n) is 11.8. The van der Waals surface area contributed by atoms with Crippen molar-refractivity contribution in [3.05, 3.63) is 42.0 Å². The minimum atomic E-state index is -4.45. The smallest absolute Gasteiger partial charge is 0.363 e. The van der Waals surface area contributed by atoms with Crippen LogP contribution in [0.25, 0.3) is 11.3 Å². The fourth-order valence-electron chi connectivity index (χ4n) is 1.82. The number of rotatable bonds is 3. The molecule has 0 saturated carbocycles. The average Bonchev–Trinajstić information content (AvgIpc) is 2.47. The fourth-order valence-corrected chi connectivity index (χ4v) is 1.82. The summed E-state index contributed by atoms with van der Waals surface area (Å²) >= 11 is 0. The van der Waals surface area contributed by atoms with Gasteiger partial charge in [0.1, 0.15) is 5.82 Å². The zero-order chi connectivity index (χ0) is 16.3. The Morgan fingerprint density at radius 1 is 1.14 bits per heavy atom. The molecule has 7 heteroatoms. The van der Waals surface area contributed by atoms with Crippen LogP contribution in [-0.4, -0.2) is 25.2 Å². The number of halogens is 3.